The zero-order chi connectivity index (χ0) is 10.0. The first kappa shape index (κ1) is 9.24. The number of nitro benzene ring substituents is 1. The molecule has 0 bridgehead atoms. The predicted molar refractivity (Wildman–Crippen MR) is 41.3 cm³/mol. The second kappa shape index (κ2) is 3.26. The fourth-order valence-corrected chi connectivity index (χ4v) is 0.839. The zero-order valence-corrected chi connectivity index (χ0v) is 6.65. The number of nitro groups is 1. The summed E-state index contributed by atoms with van der Waals surface area (Å²) in [6.45, 7) is 0. The Bertz CT molecular complexity index is 353. The van der Waals surface area contributed by atoms with E-state index in [1.165, 1.54) is 7.11 Å². The van der Waals surface area contributed by atoms with Gasteiger partial charge in [-0.2, -0.15) is 0 Å². The normalized spacial score (nSPS) is 9.69. The van der Waals surface area contributed by atoms with Gasteiger partial charge in [-0.05, 0) is 0 Å². The van der Waals surface area contributed by atoms with Gasteiger partial charge in [0.25, 0.3) is 0 Å². The number of hydrogen-bond donors (Lipinski definition) is 1. The number of phenols is 1. The quantitative estimate of drug-likeness (QED) is 0.561. The molecule has 5 nitrogen and oxygen atoms in total. The second-order valence-electron chi connectivity index (χ2n) is 2.23. The SMILES string of the molecule is COc1cc(F)c(O)cc1[N+](=O)[O-]. The number of methoxy groups -OCH3 is 1. The standard InChI is InChI=1S/C7H6FNO4/c1-13-7-2-4(8)6(10)3-5(7)9(11)12/h2-3,10H,1H3. The Kier molecular flexibility index (Phi) is 2.32. The Balaban J connectivity index is 3.33. The topological polar surface area (TPSA) is 72.6 Å². The van der Waals surface area contributed by atoms with Gasteiger partial charge in [-0.1, -0.05) is 0 Å². The van der Waals surface area contributed by atoms with Gasteiger partial charge < -0.3 is 9.84 Å². The van der Waals surface area contributed by atoms with E-state index in [2.05, 4.69) is 4.74 Å². The molecule has 0 radical (unpaired) electrons. The Morgan fingerprint density at radius 1 is 1.62 bits per heavy atom. The van der Waals surface area contributed by atoms with Crippen molar-refractivity contribution in [2.24, 2.45) is 0 Å². The Morgan fingerprint density at radius 2 is 2.23 bits per heavy atom. The van der Waals surface area contributed by atoms with Crippen molar-refractivity contribution >= 4 is 5.69 Å². The Morgan fingerprint density at radius 3 is 2.69 bits per heavy atom. The van der Waals surface area contributed by atoms with E-state index in [-0.39, 0.29) is 5.75 Å². The summed E-state index contributed by atoms with van der Waals surface area (Å²) in [4.78, 5) is 9.57. The van der Waals surface area contributed by atoms with Crippen LogP contribution >= 0.6 is 0 Å². The van der Waals surface area contributed by atoms with Gasteiger partial charge in [0.2, 0.25) is 0 Å². The molecule has 0 aliphatic heterocycles. The van der Waals surface area contributed by atoms with E-state index >= 15 is 0 Å². The molecule has 0 saturated carbocycles. The minimum atomic E-state index is -0.956. The van der Waals surface area contributed by atoms with Crippen molar-refractivity contribution in [3.63, 3.8) is 0 Å². The van der Waals surface area contributed by atoms with Crippen molar-refractivity contribution in [3.8, 4) is 11.5 Å². The van der Waals surface area contributed by atoms with E-state index in [0.717, 1.165) is 6.07 Å². The third-order valence-electron chi connectivity index (χ3n) is 1.45. The lowest BCUT2D eigenvalue weighted by Crippen LogP contribution is -1.94. The average Bonchev–Trinajstić information content (AvgIpc) is 2.08. The lowest BCUT2D eigenvalue weighted by atomic mass is 10.2. The minimum Gasteiger partial charge on any atom is -0.505 e. The maximum absolute atomic E-state index is 12.7. The van der Waals surface area contributed by atoms with E-state index in [4.69, 9.17) is 5.11 Å². The largest absolute Gasteiger partial charge is 0.505 e. The van der Waals surface area contributed by atoms with Crippen LogP contribution in [0.5, 0.6) is 11.5 Å². The van der Waals surface area contributed by atoms with Gasteiger partial charge in [0, 0.05) is 6.07 Å². The molecule has 0 heterocycles. The predicted octanol–water partition coefficient (Wildman–Crippen LogP) is 1.45. The van der Waals surface area contributed by atoms with Crippen LogP contribution in [-0.2, 0) is 0 Å². The molecule has 1 aromatic carbocycles. The highest BCUT2D eigenvalue weighted by Crippen LogP contribution is 2.32. The van der Waals surface area contributed by atoms with Crippen LogP contribution in [-0.4, -0.2) is 17.1 Å². The number of hydrogen-bond acceptors (Lipinski definition) is 4. The summed E-state index contributed by atoms with van der Waals surface area (Å²) in [5.74, 6) is -1.95. The molecule has 1 N–H and O–H groups in total. The van der Waals surface area contributed by atoms with Crippen LogP contribution in [0.3, 0.4) is 0 Å². The summed E-state index contributed by atoms with van der Waals surface area (Å²) >= 11 is 0. The molecule has 0 aromatic heterocycles. The number of phenolic OH excluding ortho intramolecular Hbond substituents is 1. The van der Waals surface area contributed by atoms with Crippen LogP contribution in [0.1, 0.15) is 0 Å². The number of benzene rings is 1. The molecular formula is C7H6FNO4. The molecule has 0 aliphatic carbocycles. The Labute approximate surface area is 72.5 Å². The lowest BCUT2D eigenvalue weighted by molar-refractivity contribution is -0.385. The van der Waals surface area contributed by atoms with Crippen molar-refractivity contribution in [1.82, 2.24) is 0 Å². The maximum atomic E-state index is 12.7. The molecule has 1 rings (SSSR count). The van der Waals surface area contributed by atoms with Crippen molar-refractivity contribution < 1.29 is 19.2 Å². The second-order valence-corrected chi connectivity index (χ2v) is 2.23. The van der Waals surface area contributed by atoms with Gasteiger partial charge in [-0.25, -0.2) is 4.39 Å². The summed E-state index contributed by atoms with van der Waals surface area (Å²) in [7, 11) is 1.18. The molecule has 0 fully saturated rings. The van der Waals surface area contributed by atoms with Gasteiger partial charge in [0.15, 0.2) is 17.3 Å². The highest BCUT2D eigenvalue weighted by Gasteiger charge is 2.18. The molecule has 0 amide bonds. The van der Waals surface area contributed by atoms with E-state index < -0.39 is 22.2 Å². The average molecular weight is 187 g/mol. The molecule has 0 aliphatic rings. The third kappa shape index (κ3) is 1.66. The van der Waals surface area contributed by atoms with E-state index in [0.29, 0.717) is 6.07 Å². The summed E-state index contributed by atoms with van der Waals surface area (Å²) < 4.78 is 17.2. The smallest absolute Gasteiger partial charge is 0.314 e. The third-order valence-corrected chi connectivity index (χ3v) is 1.45. The number of rotatable bonds is 2. The van der Waals surface area contributed by atoms with Crippen LogP contribution in [0.2, 0.25) is 0 Å². The maximum Gasteiger partial charge on any atom is 0.314 e. The number of ether oxygens (including phenoxy) is 1. The van der Waals surface area contributed by atoms with Gasteiger partial charge >= 0.3 is 5.69 Å². The van der Waals surface area contributed by atoms with E-state index in [1.54, 1.807) is 0 Å². The van der Waals surface area contributed by atoms with Crippen molar-refractivity contribution in [1.29, 1.82) is 0 Å². The zero-order valence-electron chi connectivity index (χ0n) is 6.65. The van der Waals surface area contributed by atoms with Crippen LogP contribution in [0, 0.1) is 15.9 Å². The molecule has 70 valence electrons. The first-order chi connectivity index (χ1) is 6.06. The van der Waals surface area contributed by atoms with Crippen molar-refractivity contribution in [2.75, 3.05) is 7.11 Å². The summed E-state index contributed by atoms with van der Waals surface area (Å²) in [5, 5.41) is 19.2. The molecule has 1 aromatic rings. The van der Waals surface area contributed by atoms with Crippen LogP contribution < -0.4 is 4.74 Å². The summed E-state index contributed by atoms with van der Waals surface area (Å²) in [6, 6.07) is 1.46. The first-order valence-corrected chi connectivity index (χ1v) is 3.27. The summed E-state index contributed by atoms with van der Waals surface area (Å²) in [5.41, 5.74) is -0.471. The van der Waals surface area contributed by atoms with Gasteiger partial charge in [-0.3, -0.25) is 10.1 Å². The summed E-state index contributed by atoms with van der Waals surface area (Å²) in [6.07, 6.45) is 0. The van der Waals surface area contributed by atoms with Crippen molar-refractivity contribution in [3.05, 3.63) is 28.1 Å². The highest BCUT2D eigenvalue weighted by atomic mass is 19.1. The first-order valence-electron chi connectivity index (χ1n) is 3.27. The molecule has 0 atom stereocenters. The molecule has 0 saturated heterocycles. The number of halogens is 1. The van der Waals surface area contributed by atoms with Crippen LogP contribution in [0.15, 0.2) is 12.1 Å². The minimum absolute atomic E-state index is 0.222. The number of nitrogens with zero attached hydrogens (tertiary/aromatic N) is 1. The van der Waals surface area contributed by atoms with E-state index in [9.17, 15) is 14.5 Å². The molecule has 6 heteroatoms. The molecular weight excluding hydrogens is 181 g/mol. The highest BCUT2D eigenvalue weighted by molar-refractivity contribution is 5.51. The fourth-order valence-electron chi connectivity index (χ4n) is 0.839. The molecule has 13 heavy (non-hydrogen) atoms. The van der Waals surface area contributed by atoms with Gasteiger partial charge in [-0.15, -0.1) is 0 Å². The number of aromatic hydroxyl groups is 1. The molecule has 0 spiro atoms. The fraction of sp³-hybridized carbons (Fsp3) is 0.143. The van der Waals surface area contributed by atoms with Crippen LogP contribution in [0.4, 0.5) is 10.1 Å². The lowest BCUT2D eigenvalue weighted by Gasteiger charge is -2.02. The Hall–Kier alpha value is -1.85. The van der Waals surface area contributed by atoms with Gasteiger partial charge in [0.1, 0.15) is 0 Å². The molecule has 0 unspecified atom stereocenters. The van der Waals surface area contributed by atoms with E-state index in [1.807, 2.05) is 0 Å². The van der Waals surface area contributed by atoms with Crippen molar-refractivity contribution in [2.45, 2.75) is 0 Å². The monoisotopic (exact) mass is 187 g/mol. The van der Waals surface area contributed by atoms with Gasteiger partial charge in [0.05, 0.1) is 18.1 Å². The van der Waals surface area contributed by atoms with Crippen LogP contribution in [0.25, 0.3) is 0 Å².